The summed E-state index contributed by atoms with van der Waals surface area (Å²) in [4.78, 5) is 13.9. The fourth-order valence-corrected chi connectivity index (χ4v) is 1.66. The van der Waals surface area contributed by atoms with Gasteiger partial charge in [-0.3, -0.25) is 4.79 Å². The van der Waals surface area contributed by atoms with Crippen LogP contribution in [0.15, 0.2) is 48.0 Å². The Balaban J connectivity index is 2.88. The summed E-state index contributed by atoms with van der Waals surface area (Å²) in [5, 5.41) is 0. The van der Waals surface area contributed by atoms with Crippen molar-refractivity contribution < 1.29 is 4.79 Å². The molecule has 0 atom stereocenters. The van der Waals surface area contributed by atoms with Gasteiger partial charge in [-0.25, -0.2) is 0 Å². The van der Waals surface area contributed by atoms with Crippen LogP contribution in [0.25, 0.3) is 0 Å². The largest absolute Gasteiger partial charge is 0.324 e. The molecule has 1 heterocycles. The lowest BCUT2D eigenvalue weighted by atomic mass is 10.0. The molecule has 98 valence electrons. The minimum absolute atomic E-state index is 0.174. The fraction of sp³-hybridized carbons (Fsp3) is 0.438. The van der Waals surface area contributed by atoms with Crippen LogP contribution in [-0.4, -0.2) is 10.7 Å². The van der Waals surface area contributed by atoms with Crippen molar-refractivity contribution in [3.8, 4) is 0 Å². The maximum Gasteiger partial charge on any atom is 0.164 e. The first-order chi connectivity index (χ1) is 8.47. The van der Waals surface area contributed by atoms with Gasteiger partial charge in [0.15, 0.2) is 5.78 Å². The molecular formula is C16H23NO. The molecule has 1 aliphatic rings. The number of ketones is 1. The van der Waals surface area contributed by atoms with Crippen molar-refractivity contribution in [2.24, 2.45) is 5.92 Å². The zero-order valence-electron chi connectivity index (χ0n) is 11.9. The summed E-state index contributed by atoms with van der Waals surface area (Å²) in [6.07, 6.45) is 9.21. The van der Waals surface area contributed by atoms with E-state index in [0.717, 1.165) is 17.7 Å². The normalized spacial score (nSPS) is 16.3. The van der Waals surface area contributed by atoms with Crippen LogP contribution >= 0.6 is 0 Å². The summed E-state index contributed by atoms with van der Waals surface area (Å²) < 4.78 is 0. The molecule has 0 bridgehead atoms. The molecule has 0 spiro atoms. The predicted molar refractivity (Wildman–Crippen MR) is 76.7 cm³/mol. The molecule has 18 heavy (non-hydrogen) atoms. The molecule has 1 aliphatic heterocycles. The van der Waals surface area contributed by atoms with Crippen LogP contribution in [0.5, 0.6) is 0 Å². The average Bonchev–Trinajstić information content (AvgIpc) is 2.31. The topological polar surface area (TPSA) is 20.3 Å². The summed E-state index contributed by atoms with van der Waals surface area (Å²) in [6, 6.07) is 0. The van der Waals surface area contributed by atoms with E-state index in [9.17, 15) is 4.79 Å². The number of carbonyl (C=O) groups excluding carboxylic acids is 1. The van der Waals surface area contributed by atoms with Crippen molar-refractivity contribution in [3.05, 3.63) is 48.0 Å². The van der Waals surface area contributed by atoms with Gasteiger partial charge in [0, 0.05) is 30.1 Å². The minimum Gasteiger partial charge on any atom is -0.324 e. The van der Waals surface area contributed by atoms with Crippen LogP contribution in [0, 0.1) is 5.92 Å². The van der Waals surface area contributed by atoms with E-state index < -0.39 is 0 Å². The summed E-state index contributed by atoms with van der Waals surface area (Å²) >= 11 is 0. The van der Waals surface area contributed by atoms with Crippen LogP contribution in [0.3, 0.4) is 0 Å². The summed E-state index contributed by atoms with van der Waals surface area (Å²) in [7, 11) is 0. The molecule has 0 aromatic rings. The Labute approximate surface area is 110 Å². The van der Waals surface area contributed by atoms with Crippen molar-refractivity contribution >= 4 is 5.78 Å². The Morgan fingerprint density at radius 3 is 2.72 bits per heavy atom. The lowest BCUT2D eigenvalue weighted by Crippen LogP contribution is -2.18. The van der Waals surface area contributed by atoms with E-state index in [4.69, 9.17) is 0 Å². The van der Waals surface area contributed by atoms with Gasteiger partial charge < -0.3 is 4.90 Å². The molecule has 0 N–H and O–H groups in total. The van der Waals surface area contributed by atoms with Gasteiger partial charge in [-0.05, 0) is 31.4 Å². The van der Waals surface area contributed by atoms with E-state index in [1.54, 1.807) is 0 Å². The van der Waals surface area contributed by atoms with Crippen molar-refractivity contribution in [1.29, 1.82) is 0 Å². The molecule has 1 rings (SSSR count). The number of rotatable bonds is 5. The highest BCUT2D eigenvalue weighted by atomic mass is 16.1. The Bertz CT molecular complexity index is 424. The molecule has 0 saturated heterocycles. The second kappa shape index (κ2) is 6.39. The van der Waals surface area contributed by atoms with Gasteiger partial charge >= 0.3 is 0 Å². The fourth-order valence-electron chi connectivity index (χ4n) is 1.66. The van der Waals surface area contributed by atoms with Gasteiger partial charge in [0.1, 0.15) is 0 Å². The zero-order valence-corrected chi connectivity index (χ0v) is 11.9. The second-order valence-corrected chi connectivity index (χ2v) is 4.98. The van der Waals surface area contributed by atoms with Gasteiger partial charge in [0.25, 0.3) is 0 Å². The van der Waals surface area contributed by atoms with Crippen LogP contribution in [0.1, 0.15) is 40.5 Å². The highest BCUT2D eigenvalue weighted by Crippen LogP contribution is 2.23. The van der Waals surface area contributed by atoms with Crippen molar-refractivity contribution in [2.75, 3.05) is 0 Å². The first-order valence-electron chi connectivity index (χ1n) is 6.55. The van der Waals surface area contributed by atoms with E-state index in [2.05, 4.69) is 33.6 Å². The molecule has 2 heteroatoms. The molecule has 0 aromatic heterocycles. The maximum atomic E-state index is 12.0. The van der Waals surface area contributed by atoms with E-state index >= 15 is 0 Å². The van der Waals surface area contributed by atoms with Crippen molar-refractivity contribution in [3.63, 3.8) is 0 Å². The molecule has 0 radical (unpaired) electrons. The molecule has 0 amide bonds. The molecule has 0 saturated carbocycles. The standard InChI is InChI=1S/C16H23NO/c1-6-8-16(18)15-9-7-10-17(14(15)5)11-13(4)12(2)3/h7,9-12H,5-6,8H2,1-4H3/b13-11-. The Morgan fingerprint density at radius 2 is 2.17 bits per heavy atom. The maximum absolute atomic E-state index is 12.0. The third-order valence-electron chi connectivity index (χ3n) is 3.16. The molecule has 0 fully saturated rings. The summed E-state index contributed by atoms with van der Waals surface area (Å²) in [6.45, 7) is 12.5. The van der Waals surface area contributed by atoms with Crippen molar-refractivity contribution in [2.45, 2.75) is 40.5 Å². The van der Waals surface area contributed by atoms with Gasteiger partial charge in [-0.2, -0.15) is 0 Å². The quantitative estimate of drug-likeness (QED) is 0.724. The Kier molecular flexibility index (Phi) is 5.14. The van der Waals surface area contributed by atoms with Crippen LogP contribution in [-0.2, 0) is 4.79 Å². The van der Waals surface area contributed by atoms with Crippen LogP contribution in [0.4, 0.5) is 0 Å². The van der Waals surface area contributed by atoms with E-state index in [-0.39, 0.29) is 5.78 Å². The smallest absolute Gasteiger partial charge is 0.164 e. The van der Waals surface area contributed by atoms with Gasteiger partial charge in [-0.15, -0.1) is 0 Å². The molecule has 0 unspecified atom stereocenters. The number of hydrogen-bond donors (Lipinski definition) is 0. The molecular weight excluding hydrogens is 222 g/mol. The van der Waals surface area contributed by atoms with Crippen LogP contribution < -0.4 is 0 Å². The number of Topliss-reactive ketones (excluding diaryl/α,β-unsaturated/α-hetero) is 1. The Morgan fingerprint density at radius 1 is 1.50 bits per heavy atom. The monoisotopic (exact) mass is 245 g/mol. The number of nitrogens with zero attached hydrogens (tertiary/aromatic N) is 1. The predicted octanol–water partition coefficient (Wildman–Crippen LogP) is 4.18. The van der Waals surface area contributed by atoms with E-state index in [0.29, 0.717) is 12.3 Å². The number of hydrogen-bond acceptors (Lipinski definition) is 2. The van der Waals surface area contributed by atoms with E-state index in [1.165, 1.54) is 5.57 Å². The molecule has 0 aromatic carbocycles. The molecule has 0 aliphatic carbocycles. The molecule has 2 nitrogen and oxygen atoms in total. The lowest BCUT2D eigenvalue weighted by Gasteiger charge is -2.24. The average molecular weight is 245 g/mol. The summed E-state index contributed by atoms with van der Waals surface area (Å²) in [5.74, 6) is 0.666. The first kappa shape index (κ1) is 14.5. The second-order valence-electron chi connectivity index (χ2n) is 4.98. The van der Waals surface area contributed by atoms with Gasteiger partial charge in [0.2, 0.25) is 0 Å². The zero-order chi connectivity index (χ0) is 13.7. The lowest BCUT2D eigenvalue weighted by molar-refractivity contribution is -0.115. The highest BCUT2D eigenvalue weighted by Gasteiger charge is 2.17. The number of allylic oxidation sites excluding steroid dienone is 4. The Hall–Kier alpha value is -1.57. The van der Waals surface area contributed by atoms with Gasteiger partial charge in [0.05, 0.1) is 0 Å². The summed E-state index contributed by atoms with van der Waals surface area (Å²) in [5.41, 5.74) is 2.77. The van der Waals surface area contributed by atoms with E-state index in [1.807, 2.05) is 30.2 Å². The first-order valence-corrected chi connectivity index (χ1v) is 6.55. The SMILES string of the molecule is C=C1C(C(=O)CCC)=CC=CN1/C=C(/C)C(C)C. The third-order valence-corrected chi connectivity index (χ3v) is 3.16. The van der Waals surface area contributed by atoms with Crippen molar-refractivity contribution in [1.82, 2.24) is 4.90 Å². The third kappa shape index (κ3) is 3.46. The van der Waals surface area contributed by atoms with Gasteiger partial charge in [-0.1, -0.05) is 32.9 Å². The minimum atomic E-state index is 0.174. The highest BCUT2D eigenvalue weighted by molar-refractivity contribution is 5.99. The van der Waals surface area contributed by atoms with Crippen LogP contribution in [0.2, 0.25) is 0 Å². The number of carbonyl (C=O) groups is 1.